The highest BCUT2D eigenvalue weighted by molar-refractivity contribution is 7.98. The van der Waals surface area contributed by atoms with E-state index in [0.29, 0.717) is 6.04 Å². The van der Waals surface area contributed by atoms with Gasteiger partial charge in [0, 0.05) is 17.5 Å². The highest BCUT2D eigenvalue weighted by Crippen LogP contribution is 2.21. The minimum absolute atomic E-state index is 0.450. The van der Waals surface area contributed by atoms with Crippen LogP contribution in [0.2, 0.25) is 0 Å². The van der Waals surface area contributed by atoms with Gasteiger partial charge < -0.3 is 10.2 Å². The first kappa shape index (κ1) is 12.6. The average molecular weight is 224 g/mol. The quantitative estimate of drug-likeness (QED) is 0.772. The predicted molar refractivity (Wildman–Crippen MR) is 68.6 cm³/mol. The summed E-state index contributed by atoms with van der Waals surface area (Å²) in [6, 6.07) is 9.26. The third kappa shape index (κ3) is 3.52. The van der Waals surface area contributed by atoms with Crippen molar-refractivity contribution in [2.45, 2.75) is 10.9 Å². The lowest BCUT2D eigenvalue weighted by atomic mass is 10.1. The number of likely N-dealkylation sites (N-methyl/N-ethyl adjacent to an activating group) is 2. The van der Waals surface area contributed by atoms with Crippen LogP contribution in [0.25, 0.3) is 0 Å². The highest BCUT2D eigenvalue weighted by atomic mass is 32.2. The first-order valence-corrected chi connectivity index (χ1v) is 6.36. The molecule has 1 rings (SSSR count). The Hall–Kier alpha value is -0.510. The highest BCUT2D eigenvalue weighted by Gasteiger charge is 2.12. The SMILES string of the molecule is CNCC(c1ccc(SC)cc1)N(C)C. The molecule has 0 radical (unpaired) electrons. The molecule has 0 amide bonds. The van der Waals surface area contributed by atoms with Gasteiger partial charge >= 0.3 is 0 Å². The Bertz CT molecular complexity index is 282. The molecule has 0 heterocycles. The molecule has 0 aliphatic heterocycles. The topological polar surface area (TPSA) is 15.3 Å². The maximum absolute atomic E-state index is 3.23. The molecular formula is C12H20N2S. The van der Waals surface area contributed by atoms with Crippen molar-refractivity contribution in [2.24, 2.45) is 0 Å². The molecule has 1 atom stereocenters. The van der Waals surface area contributed by atoms with Crippen LogP contribution in [-0.4, -0.2) is 38.8 Å². The molecule has 1 aromatic carbocycles. The van der Waals surface area contributed by atoms with E-state index >= 15 is 0 Å². The molecule has 1 aromatic rings. The van der Waals surface area contributed by atoms with Crippen molar-refractivity contribution in [3.63, 3.8) is 0 Å². The smallest absolute Gasteiger partial charge is 0.0466 e. The standard InChI is InChI=1S/C12H20N2S/c1-13-9-12(14(2)3)10-5-7-11(15-4)8-6-10/h5-8,12-13H,9H2,1-4H3. The number of hydrogen-bond acceptors (Lipinski definition) is 3. The largest absolute Gasteiger partial charge is 0.318 e. The van der Waals surface area contributed by atoms with Crippen LogP contribution in [0.3, 0.4) is 0 Å². The van der Waals surface area contributed by atoms with Crippen molar-refractivity contribution in [2.75, 3.05) is 33.9 Å². The zero-order chi connectivity index (χ0) is 11.3. The molecule has 0 saturated heterocycles. The van der Waals surface area contributed by atoms with Crippen LogP contribution in [0.5, 0.6) is 0 Å². The molecule has 15 heavy (non-hydrogen) atoms. The predicted octanol–water partition coefficient (Wildman–Crippen LogP) is 2.23. The Labute approximate surface area is 97.1 Å². The van der Waals surface area contributed by atoms with Crippen LogP contribution in [0.15, 0.2) is 29.2 Å². The lowest BCUT2D eigenvalue weighted by Gasteiger charge is -2.24. The fourth-order valence-corrected chi connectivity index (χ4v) is 2.03. The number of nitrogens with zero attached hydrogens (tertiary/aromatic N) is 1. The molecule has 1 N–H and O–H groups in total. The molecule has 1 unspecified atom stereocenters. The van der Waals surface area contributed by atoms with Crippen molar-refractivity contribution < 1.29 is 0 Å². The first-order valence-electron chi connectivity index (χ1n) is 5.14. The minimum atomic E-state index is 0.450. The van der Waals surface area contributed by atoms with E-state index < -0.39 is 0 Å². The van der Waals surface area contributed by atoms with Crippen molar-refractivity contribution in [1.82, 2.24) is 10.2 Å². The number of rotatable bonds is 5. The van der Waals surface area contributed by atoms with Gasteiger partial charge in [-0.15, -0.1) is 11.8 Å². The molecule has 84 valence electrons. The summed E-state index contributed by atoms with van der Waals surface area (Å²) >= 11 is 1.78. The summed E-state index contributed by atoms with van der Waals surface area (Å²) in [5.74, 6) is 0. The summed E-state index contributed by atoms with van der Waals surface area (Å²) in [6.07, 6.45) is 2.10. The Morgan fingerprint density at radius 2 is 1.87 bits per heavy atom. The normalized spacial score (nSPS) is 13.1. The van der Waals surface area contributed by atoms with Gasteiger partial charge in [0.15, 0.2) is 0 Å². The van der Waals surface area contributed by atoms with Crippen molar-refractivity contribution in [3.8, 4) is 0 Å². The van der Waals surface area contributed by atoms with E-state index in [4.69, 9.17) is 0 Å². The van der Waals surface area contributed by atoms with Gasteiger partial charge in [0.25, 0.3) is 0 Å². The summed E-state index contributed by atoms with van der Waals surface area (Å²) in [4.78, 5) is 3.56. The number of thioether (sulfide) groups is 1. The van der Waals surface area contributed by atoms with Gasteiger partial charge in [0.1, 0.15) is 0 Å². The number of nitrogens with one attached hydrogen (secondary N) is 1. The van der Waals surface area contributed by atoms with Crippen LogP contribution in [-0.2, 0) is 0 Å². The number of benzene rings is 1. The van der Waals surface area contributed by atoms with E-state index in [1.54, 1.807) is 11.8 Å². The maximum atomic E-state index is 3.23. The monoisotopic (exact) mass is 224 g/mol. The zero-order valence-corrected chi connectivity index (χ0v) is 10.8. The molecular weight excluding hydrogens is 204 g/mol. The molecule has 3 heteroatoms. The second-order valence-corrected chi connectivity index (χ2v) is 4.69. The van der Waals surface area contributed by atoms with Gasteiger partial charge in [-0.3, -0.25) is 0 Å². The molecule has 0 aliphatic carbocycles. The minimum Gasteiger partial charge on any atom is -0.318 e. The zero-order valence-electron chi connectivity index (χ0n) is 9.95. The van der Waals surface area contributed by atoms with Crippen molar-refractivity contribution in [3.05, 3.63) is 29.8 Å². The van der Waals surface area contributed by atoms with E-state index in [2.05, 4.69) is 54.8 Å². The van der Waals surface area contributed by atoms with Gasteiger partial charge in [0.05, 0.1) is 0 Å². The number of hydrogen-bond donors (Lipinski definition) is 1. The Kier molecular flexibility index (Phi) is 5.15. The first-order chi connectivity index (χ1) is 7.19. The Morgan fingerprint density at radius 1 is 1.27 bits per heavy atom. The van der Waals surface area contributed by atoms with Gasteiger partial charge in [-0.2, -0.15) is 0 Å². The van der Waals surface area contributed by atoms with E-state index in [1.807, 2.05) is 7.05 Å². The van der Waals surface area contributed by atoms with Crippen molar-refractivity contribution >= 4 is 11.8 Å². The summed E-state index contributed by atoms with van der Waals surface area (Å²) in [7, 11) is 6.22. The molecule has 0 spiro atoms. The van der Waals surface area contributed by atoms with E-state index in [-0.39, 0.29) is 0 Å². The van der Waals surface area contributed by atoms with Gasteiger partial charge in [-0.05, 0) is 45.1 Å². The third-order valence-corrected chi connectivity index (χ3v) is 3.26. The lowest BCUT2D eigenvalue weighted by Crippen LogP contribution is -2.29. The molecule has 0 aromatic heterocycles. The van der Waals surface area contributed by atoms with Crippen LogP contribution in [0.1, 0.15) is 11.6 Å². The molecule has 2 nitrogen and oxygen atoms in total. The summed E-state index contributed by atoms with van der Waals surface area (Å²) < 4.78 is 0. The Balaban J connectivity index is 2.81. The van der Waals surface area contributed by atoms with E-state index in [1.165, 1.54) is 10.5 Å². The van der Waals surface area contributed by atoms with Gasteiger partial charge in [-0.25, -0.2) is 0 Å². The fourth-order valence-electron chi connectivity index (χ4n) is 1.62. The van der Waals surface area contributed by atoms with Crippen LogP contribution in [0, 0.1) is 0 Å². The maximum Gasteiger partial charge on any atom is 0.0466 e. The summed E-state index contributed by atoms with van der Waals surface area (Å²) in [6.45, 7) is 0.978. The average Bonchev–Trinajstić information content (AvgIpc) is 2.26. The third-order valence-electron chi connectivity index (χ3n) is 2.52. The molecule has 0 fully saturated rings. The van der Waals surface area contributed by atoms with Crippen LogP contribution < -0.4 is 5.32 Å². The second kappa shape index (κ2) is 6.16. The molecule has 0 saturated carbocycles. The molecule has 0 bridgehead atoms. The van der Waals surface area contributed by atoms with Gasteiger partial charge in [-0.1, -0.05) is 12.1 Å². The second-order valence-electron chi connectivity index (χ2n) is 3.81. The fraction of sp³-hybridized carbons (Fsp3) is 0.500. The summed E-state index contributed by atoms with van der Waals surface area (Å²) in [5.41, 5.74) is 1.37. The Morgan fingerprint density at radius 3 is 2.27 bits per heavy atom. The van der Waals surface area contributed by atoms with Crippen LogP contribution >= 0.6 is 11.8 Å². The van der Waals surface area contributed by atoms with Gasteiger partial charge in [0.2, 0.25) is 0 Å². The summed E-state index contributed by atoms with van der Waals surface area (Å²) in [5, 5.41) is 3.23. The van der Waals surface area contributed by atoms with Crippen molar-refractivity contribution in [1.29, 1.82) is 0 Å². The van der Waals surface area contributed by atoms with E-state index in [9.17, 15) is 0 Å². The molecule has 0 aliphatic rings. The van der Waals surface area contributed by atoms with E-state index in [0.717, 1.165) is 6.54 Å². The lowest BCUT2D eigenvalue weighted by molar-refractivity contribution is 0.294. The van der Waals surface area contributed by atoms with Crippen LogP contribution in [0.4, 0.5) is 0 Å².